The molecule has 1 atom stereocenters. The predicted octanol–water partition coefficient (Wildman–Crippen LogP) is 4.08. The average Bonchev–Trinajstić information content (AvgIpc) is 3.80. The number of ether oxygens (including phenoxy) is 1. The summed E-state index contributed by atoms with van der Waals surface area (Å²) < 4.78 is 5.12. The van der Waals surface area contributed by atoms with Crippen molar-refractivity contribution in [1.82, 2.24) is 14.9 Å². The molecule has 0 spiro atoms. The number of methoxy groups -OCH3 is 1. The third-order valence-corrected chi connectivity index (χ3v) is 7.12. The van der Waals surface area contributed by atoms with E-state index >= 15 is 0 Å². The molecule has 0 unspecified atom stereocenters. The molecule has 8 heteroatoms. The van der Waals surface area contributed by atoms with E-state index in [9.17, 15) is 10.1 Å². The van der Waals surface area contributed by atoms with Gasteiger partial charge in [0.05, 0.1) is 36.0 Å². The average molecular weight is 473 g/mol. The SMILES string of the molecule is C=Cc1ccnc(Nc2cc(C#N)c(N3CCN(C(=O)CCOC)[C@H](C4CC4)C3)nc2C2CC2)c1. The standard InChI is InChI=1S/C27H32N6O2/c1-3-18-8-10-29-24(14-18)30-22-15-21(16-28)27(31-26(22)20-6-7-20)32-11-12-33(25(34)9-13-35-2)23(17-32)19-4-5-19/h3,8,10,14-15,19-20,23H,1,4-7,9,11-13,17H2,2H3,(H,29,30)/t23-/m0/s1. The van der Waals surface area contributed by atoms with Crippen LogP contribution in [0.5, 0.6) is 0 Å². The number of nitrogens with zero attached hydrogens (tertiary/aromatic N) is 5. The van der Waals surface area contributed by atoms with Gasteiger partial charge in [0.2, 0.25) is 5.91 Å². The first-order valence-electron chi connectivity index (χ1n) is 12.4. The Morgan fingerprint density at radius 1 is 1.31 bits per heavy atom. The van der Waals surface area contributed by atoms with Gasteiger partial charge in [0.1, 0.15) is 17.7 Å². The van der Waals surface area contributed by atoms with Crippen molar-refractivity contribution in [1.29, 1.82) is 5.26 Å². The molecule has 1 saturated heterocycles. The van der Waals surface area contributed by atoms with Crippen molar-refractivity contribution in [2.24, 2.45) is 5.92 Å². The van der Waals surface area contributed by atoms with Gasteiger partial charge < -0.3 is 19.9 Å². The topological polar surface area (TPSA) is 94.4 Å². The van der Waals surface area contributed by atoms with E-state index in [0.717, 1.165) is 48.4 Å². The van der Waals surface area contributed by atoms with Crippen molar-refractivity contribution in [3.63, 3.8) is 0 Å². The summed E-state index contributed by atoms with van der Waals surface area (Å²) in [4.78, 5) is 26.6. The monoisotopic (exact) mass is 472 g/mol. The number of amides is 1. The van der Waals surface area contributed by atoms with E-state index in [1.165, 1.54) is 0 Å². The number of hydrogen-bond donors (Lipinski definition) is 1. The molecule has 3 aliphatic rings. The summed E-state index contributed by atoms with van der Waals surface area (Å²) in [7, 11) is 1.63. The van der Waals surface area contributed by atoms with Crippen molar-refractivity contribution in [3.05, 3.63) is 47.8 Å². The summed E-state index contributed by atoms with van der Waals surface area (Å²) >= 11 is 0. The first kappa shape index (κ1) is 23.3. The van der Waals surface area contributed by atoms with E-state index in [2.05, 4.69) is 27.8 Å². The Morgan fingerprint density at radius 3 is 2.83 bits per heavy atom. The lowest BCUT2D eigenvalue weighted by Crippen LogP contribution is -2.56. The van der Waals surface area contributed by atoms with Gasteiger partial charge in [-0.3, -0.25) is 4.79 Å². The molecule has 1 N–H and O–H groups in total. The largest absolute Gasteiger partial charge is 0.384 e. The van der Waals surface area contributed by atoms with Crippen LogP contribution in [0.2, 0.25) is 0 Å². The molecule has 1 amide bonds. The quantitative estimate of drug-likeness (QED) is 0.588. The first-order valence-corrected chi connectivity index (χ1v) is 12.4. The summed E-state index contributed by atoms with van der Waals surface area (Å²) in [5.74, 6) is 2.52. The smallest absolute Gasteiger partial charge is 0.225 e. The van der Waals surface area contributed by atoms with E-state index in [-0.39, 0.29) is 11.9 Å². The molecule has 0 radical (unpaired) electrons. The highest BCUT2D eigenvalue weighted by Gasteiger charge is 2.41. The Bertz CT molecular complexity index is 1150. The number of nitrogens with one attached hydrogen (secondary N) is 1. The van der Waals surface area contributed by atoms with Crippen LogP contribution in [-0.4, -0.2) is 60.2 Å². The molecule has 3 fully saturated rings. The molecular weight excluding hydrogens is 440 g/mol. The van der Waals surface area contributed by atoms with E-state index < -0.39 is 0 Å². The second-order valence-corrected chi connectivity index (χ2v) is 9.66. The van der Waals surface area contributed by atoms with Gasteiger partial charge >= 0.3 is 0 Å². The van der Waals surface area contributed by atoms with E-state index in [4.69, 9.17) is 9.72 Å². The summed E-state index contributed by atoms with van der Waals surface area (Å²) in [6.45, 7) is 6.31. The van der Waals surface area contributed by atoms with Gasteiger partial charge in [-0.05, 0) is 55.4 Å². The molecular formula is C27H32N6O2. The van der Waals surface area contributed by atoms with E-state index in [1.807, 2.05) is 23.1 Å². The van der Waals surface area contributed by atoms with Crippen LogP contribution in [-0.2, 0) is 9.53 Å². The van der Waals surface area contributed by atoms with Crippen LogP contribution in [0.3, 0.4) is 0 Å². The molecule has 2 saturated carbocycles. The zero-order valence-electron chi connectivity index (χ0n) is 20.2. The molecule has 3 heterocycles. The summed E-state index contributed by atoms with van der Waals surface area (Å²) in [6, 6.07) is 8.29. The van der Waals surface area contributed by atoms with Crippen LogP contribution in [0.1, 0.15) is 54.8 Å². The maximum absolute atomic E-state index is 12.8. The maximum Gasteiger partial charge on any atom is 0.225 e. The highest BCUT2D eigenvalue weighted by Crippen LogP contribution is 2.45. The molecule has 2 aromatic rings. The van der Waals surface area contributed by atoms with Crippen molar-refractivity contribution >= 4 is 29.3 Å². The summed E-state index contributed by atoms with van der Waals surface area (Å²) in [5, 5.41) is 13.4. The first-order chi connectivity index (χ1) is 17.1. The zero-order chi connectivity index (χ0) is 24.4. The van der Waals surface area contributed by atoms with Gasteiger partial charge in [0.15, 0.2) is 0 Å². The number of carbonyl (C=O) groups is 1. The fourth-order valence-electron chi connectivity index (χ4n) is 4.92. The number of hydrogen-bond acceptors (Lipinski definition) is 7. The number of piperazine rings is 1. The van der Waals surface area contributed by atoms with Crippen LogP contribution in [0.25, 0.3) is 6.08 Å². The lowest BCUT2D eigenvalue weighted by molar-refractivity contribution is -0.135. The number of rotatable bonds is 9. The molecule has 8 nitrogen and oxygen atoms in total. The van der Waals surface area contributed by atoms with Crippen molar-refractivity contribution < 1.29 is 9.53 Å². The minimum Gasteiger partial charge on any atom is -0.384 e. The molecule has 182 valence electrons. The highest BCUT2D eigenvalue weighted by molar-refractivity contribution is 5.77. The van der Waals surface area contributed by atoms with Crippen LogP contribution >= 0.6 is 0 Å². The third kappa shape index (κ3) is 5.15. The molecule has 2 aliphatic carbocycles. The number of aromatic nitrogens is 2. The molecule has 35 heavy (non-hydrogen) atoms. The number of nitriles is 1. The molecule has 0 aromatic carbocycles. The summed E-state index contributed by atoms with van der Waals surface area (Å²) in [6.07, 6.45) is 8.44. The second kappa shape index (κ2) is 10.0. The minimum absolute atomic E-state index is 0.157. The fourth-order valence-corrected chi connectivity index (χ4v) is 4.92. The molecule has 0 bridgehead atoms. The second-order valence-electron chi connectivity index (χ2n) is 9.66. The molecule has 5 rings (SSSR count). The van der Waals surface area contributed by atoms with Crippen molar-refractivity contribution in [3.8, 4) is 6.07 Å². The Labute approximate surface area is 206 Å². The number of anilines is 3. The van der Waals surface area contributed by atoms with Gasteiger partial charge in [0.25, 0.3) is 0 Å². The highest BCUT2D eigenvalue weighted by atomic mass is 16.5. The Hall–Kier alpha value is -3.44. The molecule has 1 aliphatic heterocycles. The zero-order valence-corrected chi connectivity index (χ0v) is 20.2. The van der Waals surface area contributed by atoms with Gasteiger partial charge in [-0.1, -0.05) is 12.7 Å². The predicted molar refractivity (Wildman–Crippen MR) is 135 cm³/mol. The van der Waals surface area contributed by atoms with Gasteiger partial charge in [-0.25, -0.2) is 9.97 Å². The van der Waals surface area contributed by atoms with E-state index in [1.54, 1.807) is 19.4 Å². The lowest BCUT2D eigenvalue weighted by Gasteiger charge is -2.42. The Morgan fingerprint density at radius 2 is 2.14 bits per heavy atom. The van der Waals surface area contributed by atoms with Gasteiger partial charge in [0, 0.05) is 38.9 Å². The van der Waals surface area contributed by atoms with Crippen molar-refractivity contribution in [2.75, 3.05) is 43.6 Å². The number of pyridine rings is 2. The Kier molecular flexibility index (Phi) is 6.69. The third-order valence-electron chi connectivity index (χ3n) is 7.12. The number of carbonyl (C=O) groups excluding carboxylic acids is 1. The van der Waals surface area contributed by atoms with E-state index in [0.29, 0.717) is 55.9 Å². The fraction of sp³-hybridized carbons (Fsp3) is 0.481. The van der Waals surface area contributed by atoms with Gasteiger partial charge in [-0.2, -0.15) is 5.26 Å². The minimum atomic E-state index is 0.157. The summed E-state index contributed by atoms with van der Waals surface area (Å²) in [5.41, 5.74) is 3.36. The van der Waals surface area contributed by atoms with Crippen LogP contribution < -0.4 is 10.2 Å². The van der Waals surface area contributed by atoms with Crippen LogP contribution in [0.15, 0.2) is 31.0 Å². The van der Waals surface area contributed by atoms with Crippen molar-refractivity contribution in [2.45, 2.75) is 44.1 Å². The van der Waals surface area contributed by atoms with Crippen LogP contribution in [0.4, 0.5) is 17.3 Å². The lowest BCUT2D eigenvalue weighted by atomic mass is 10.0. The Balaban J connectivity index is 1.42. The maximum atomic E-state index is 12.8. The normalized spacial score (nSPS) is 19.8. The van der Waals surface area contributed by atoms with Crippen LogP contribution in [0, 0.1) is 17.2 Å². The molecule has 2 aromatic heterocycles. The van der Waals surface area contributed by atoms with Gasteiger partial charge in [-0.15, -0.1) is 0 Å².